The molecule has 1 saturated carbocycles. The summed E-state index contributed by atoms with van der Waals surface area (Å²) in [4.78, 5) is 12.4. The SMILES string of the molecule is CC[C@@]1(CCc2ccoc2)OC(=O)C[C@H]2C(C)(C)CCC[C@@]21C. The average Bonchev–Trinajstić information content (AvgIpc) is 3.00. The molecule has 0 aromatic carbocycles. The van der Waals surface area contributed by atoms with Crippen LogP contribution in [0.5, 0.6) is 0 Å². The van der Waals surface area contributed by atoms with Gasteiger partial charge in [-0.3, -0.25) is 4.79 Å². The van der Waals surface area contributed by atoms with Crippen molar-refractivity contribution >= 4 is 5.97 Å². The first-order valence-corrected chi connectivity index (χ1v) is 9.06. The van der Waals surface area contributed by atoms with Gasteiger partial charge in [0.15, 0.2) is 0 Å². The number of hydrogen-bond acceptors (Lipinski definition) is 3. The number of esters is 1. The lowest BCUT2D eigenvalue weighted by molar-refractivity contribution is -0.229. The van der Waals surface area contributed by atoms with Crippen LogP contribution >= 0.6 is 0 Å². The summed E-state index contributed by atoms with van der Waals surface area (Å²) < 4.78 is 11.3. The van der Waals surface area contributed by atoms with Crippen LogP contribution in [0.15, 0.2) is 23.0 Å². The van der Waals surface area contributed by atoms with Crippen molar-refractivity contribution in [2.75, 3.05) is 0 Å². The summed E-state index contributed by atoms with van der Waals surface area (Å²) in [6, 6.07) is 2.01. The van der Waals surface area contributed by atoms with Crippen LogP contribution < -0.4 is 0 Å². The predicted molar refractivity (Wildman–Crippen MR) is 90.0 cm³/mol. The van der Waals surface area contributed by atoms with Crippen molar-refractivity contribution in [2.24, 2.45) is 16.7 Å². The smallest absolute Gasteiger partial charge is 0.306 e. The van der Waals surface area contributed by atoms with Crippen LogP contribution in [0.1, 0.15) is 71.8 Å². The monoisotopic (exact) mass is 318 g/mol. The molecule has 0 amide bonds. The number of carbonyl (C=O) groups excluding carboxylic acids is 1. The fraction of sp³-hybridized carbons (Fsp3) is 0.750. The van der Waals surface area contributed by atoms with E-state index in [1.54, 1.807) is 12.5 Å². The maximum atomic E-state index is 12.4. The number of cyclic esters (lactones) is 1. The Hall–Kier alpha value is -1.25. The second-order valence-electron chi connectivity index (χ2n) is 8.47. The largest absolute Gasteiger partial charge is 0.472 e. The lowest BCUT2D eigenvalue weighted by Crippen LogP contribution is -2.62. The highest BCUT2D eigenvalue weighted by Crippen LogP contribution is 2.62. The summed E-state index contributed by atoms with van der Waals surface area (Å²) in [5.41, 5.74) is 1.13. The molecule has 1 saturated heterocycles. The van der Waals surface area contributed by atoms with Crippen LogP contribution in [0.4, 0.5) is 0 Å². The number of furan rings is 1. The number of aryl methyl sites for hydroxylation is 1. The van der Waals surface area contributed by atoms with E-state index < -0.39 is 0 Å². The standard InChI is InChI=1S/C20H30O3/c1-5-20(11-7-15-8-12-22-14-15)19(4)10-6-9-18(2,3)16(19)13-17(21)23-20/h8,12,14,16H,5-7,9-11,13H2,1-4H3/t16-,19-,20-/m0/s1. The molecule has 1 aliphatic carbocycles. The van der Waals surface area contributed by atoms with E-state index in [2.05, 4.69) is 27.7 Å². The first-order chi connectivity index (χ1) is 10.8. The van der Waals surface area contributed by atoms with Crippen LogP contribution in [0.25, 0.3) is 0 Å². The molecule has 0 bridgehead atoms. The van der Waals surface area contributed by atoms with Crippen molar-refractivity contribution in [1.82, 2.24) is 0 Å². The fourth-order valence-corrected chi connectivity index (χ4v) is 5.48. The van der Waals surface area contributed by atoms with E-state index in [0.29, 0.717) is 12.3 Å². The highest BCUT2D eigenvalue weighted by molar-refractivity contribution is 5.72. The molecule has 0 N–H and O–H groups in total. The van der Waals surface area contributed by atoms with Crippen LogP contribution in [0.3, 0.4) is 0 Å². The van der Waals surface area contributed by atoms with E-state index >= 15 is 0 Å². The molecule has 0 spiro atoms. The van der Waals surface area contributed by atoms with Gasteiger partial charge in [0.2, 0.25) is 0 Å². The molecule has 128 valence electrons. The van der Waals surface area contributed by atoms with Crippen molar-refractivity contribution in [2.45, 2.75) is 78.2 Å². The van der Waals surface area contributed by atoms with Crippen molar-refractivity contribution in [3.8, 4) is 0 Å². The van der Waals surface area contributed by atoms with Crippen LogP contribution in [-0.2, 0) is 16.0 Å². The van der Waals surface area contributed by atoms with E-state index in [4.69, 9.17) is 9.15 Å². The molecule has 1 aromatic rings. The van der Waals surface area contributed by atoms with Gasteiger partial charge in [-0.05, 0) is 55.1 Å². The third kappa shape index (κ3) is 2.62. The quantitative estimate of drug-likeness (QED) is 0.722. The Balaban J connectivity index is 1.94. The first kappa shape index (κ1) is 16.6. The second-order valence-corrected chi connectivity index (χ2v) is 8.47. The number of hydrogen-bond donors (Lipinski definition) is 0. The van der Waals surface area contributed by atoms with E-state index in [0.717, 1.165) is 25.7 Å². The van der Waals surface area contributed by atoms with Gasteiger partial charge in [0.05, 0.1) is 12.5 Å². The van der Waals surface area contributed by atoms with E-state index in [1.807, 2.05) is 6.07 Å². The van der Waals surface area contributed by atoms with Gasteiger partial charge < -0.3 is 9.15 Å². The molecule has 0 unspecified atom stereocenters. The molecule has 3 rings (SSSR count). The number of rotatable bonds is 4. The minimum atomic E-state index is -0.345. The molecule has 3 nitrogen and oxygen atoms in total. The third-order valence-corrected chi connectivity index (χ3v) is 6.92. The topological polar surface area (TPSA) is 39.4 Å². The first-order valence-electron chi connectivity index (χ1n) is 9.06. The fourth-order valence-electron chi connectivity index (χ4n) is 5.48. The highest BCUT2D eigenvalue weighted by atomic mass is 16.6. The minimum Gasteiger partial charge on any atom is -0.472 e. The van der Waals surface area contributed by atoms with Crippen LogP contribution in [0.2, 0.25) is 0 Å². The van der Waals surface area contributed by atoms with Gasteiger partial charge in [-0.2, -0.15) is 0 Å². The normalized spacial score (nSPS) is 36.3. The molecule has 2 aliphatic rings. The Morgan fingerprint density at radius 3 is 2.70 bits per heavy atom. The number of ether oxygens (including phenoxy) is 1. The minimum absolute atomic E-state index is 0.00325. The average molecular weight is 318 g/mol. The molecule has 2 fully saturated rings. The molecular formula is C20H30O3. The molecule has 0 radical (unpaired) electrons. The summed E-state index contributed by atoms with van der Waals surface area (Å²) in [6.45, 7) is 9.23. The van der Waals surface area contributed by atoms with E-state index in [9.17, 15) is 4.79 Å². The molecule has 3 atom stereocenters. The second kappa shape index (κ2) is 5.68. The molecule has 23 heavy (non-hydrogen) atoms. The van der Waals surface area contributed by atoms with Gasteiger partial charge in [-0.15, -0.1) is 0 Å². The lowest BCUT2D eigenvalue weighted by atomic mass is 9.48. The molecule has 1 aromatic heterocycles. The van der Waals surface area contributed by atoms with Gasteiger partial charge >= 0.3 is 5.97 Å². The van der Waals surface area contributed by atoms with Gasteiger partial charge in [-0.25, -0.2) is 0 Å². The number of carbonyl (C=O) groups is 1. The van der Waals surface area contributed by atoms with Crippen molar-refractivity contribution < 1.29 is 13.9 Å². The zero-order valence-electron chi connectivity index (χ0n) is 15.0. The van der Waals surface area contributed by atoms with E-state index in [1.165, 1.54) is 18.4 Å². The molecule has 3 heteroatoms. The Morgan fingerprint density at radius 1 is 1.26 bits per heavy atom. The highest BCUT2D eigenvalue weighted by Gasteiger charge is 2.61. The summed E-state index contributed by atoms with van der Waals surface area (Å²) in [7, 11) is 0. The van der Waals surface area contributed by atoms with Crippen molar-refractivity contribution in [1.29, 1.82) is 0 Å². The summed E-state index contributed by atoms with van der Waals surface area (Å²) >= 11 is 0. The van der Waals surface area contributed by atoms with Gasteiger partial charge in [-0.1, -0.05) is 34.1 Å². The molecular weight excluding hydrogens is 288 g/mol. The van der Waals surface area contributed by atoms with Crippen LogP contribution in [0, 0.1) is 16.7 Å². The van der Waals surface area contributed by atoms with Crippen molar-refractivity contribution in [3.05, 3.63) is 24.2 Å². The van der Waals surface area contributed by atoms with Crippen LogP contribution in [-0.4, -0.2) is 11.6 Å². The number of fused-ring (bicyclic) bond motifs is 1. The van der Waals surface area contributed by atoms with Gasteiger partial charge in [0, 0.05) is 11.8 Å². The Bertz CT molecular complexity index is 559. The summed E-state index contributed by atoms with van der Waals surface area (Å²) in [5, 5.41) is 0. The summed E-state index contributed by atoms with van der Waals surface area (Å²) in [5.74, 6) is 0.408. The lowest BCUT2D eigenvalue weighted by Gasteiger charge is -2.61. The molecule has 1 aliphatic heterocycles. The zero-order valence-corrected chi connectivity index (χ0v) is 15.0. The van der Waals surface area contributed by atoms with Gasteiger partial charge in [0.25, 0.3) is 0 Å². The van der Waals surface area contributed by atoms with Gasteiger partial charge in [0.1, 0.15) is 5.60 Å². The van der Waals surface area contributed by atoms with Crippen molar-refractivity contribution in [3.63, 3.8) is 0 Å². The zero-order chi connectivity index (χ0) is 16.7. The predicted octanol–water partition coefficient (Wildman–Crippen LogP) is 5.14. The molecule has 2 heterocycles. The maximum absolute atomic E-state index is 12.4. The van der Waals surface area contributed by atoms with E-state index in [-0.39, 0.29) is 22.4 Å². The Kier molecular flexibility index (Phi) is 4.10. The summed E-state index contributed by atoms with van der Waals surface area (Å²) in [6.07, 6.45) is 10.4. The Labute approximate surface area is 139 Å². The third-order valence-electron chi connectivity index (χ3n) is 6.92. The Morgan fingerprint density at radius 2 is 2.04 bits per heavy atom. The maximum Gasteiger partial charge on any atom is 0.306 e.